The number of carbonyl (C=O) groups excluding carboxylic acids is 3. The molecular formula is C47H90O6. The van der Waals surface area contributed by atoms with Crippen molar-refractivity contribution in [1.29, 1.82) is 0 Å². The highest BCUT2D eigenvalue weighted by molar-refractivity contribution is 5.71. The van der Waals surface area contributed by atoms with Crippen molar-refractivity contribution in [1.82, 2.24) is 0 Å². The van der Waals surface area contributed by atoms with E-state index in [-0.39, 0.29) is 31.1 Å². The molecule has 6 heteroatoms. The van der Waals surface area contributed by atoms with Gasteiger partial charge in [0, 0.05) is 19.3 Å². The zero-order chi connectivity index (χ0) is 38.9. The Hall–Kier alpha value is -1.59. The summed E-state index contributed by atoms with van der Waals surface area (Å²) < 4.78 is 16.7. The molecule has 0 unspecified atom stereocenters. The number of unbranched alkanes of at least 4 members (excludes halogenated alkanes) is 29. The average Bonchev–Trinajstić information content (AvgIpc) is 3.14. The lowest BCUT2D eigenvalue weighted by molar-refractivity contribution is -0.167. The fourth-order valence-corrected chi connectivity index (χ4v) is 6.98. The molecule has 0 amide bonds. The summed E-state index contributed by atoms with van der Waals surface area (Å²) in [7, 11) is 0. The third kappa shape index (κ3) is 41.4. The van der Waals surface area contributed by atoms with Gasteiger partial charge in [0.1, 0.15) is 13.2 Å². The van der Waals surface area contributed by atoms with Gasteiger partial charge < -0.3 is 14.2 Å². The van der Waals surface area contributed by atoms with Gasteiger partial charge in [-0.15, -0.1) is 0 Å². The number of esters is 3. The molecule has 0 aromatic carbocycles. The molecular weight excluding hydrogens is 661 g/mol. The molecule has 0 rings (SSSR count). The lowest BCUT2D eigenvalue weighted by Crippen LogP contribution is -2.30. The molecule has 53 heavy (non-hydrogen) atoms. The summed E-state index contributed by atoms with van der Waals surface area (Å²) in [5.41, 5.74) is 0. The van der Waals surface area contributed by atoms with Crippen LogP contribution in [0.15, 0.2) is 0 Å². The van der Waals surface area contributed by atoms with Crippen LogP contribution in [0.5, 0.6) is 0 Å². The first kappa shape index (κ1) is 51.4. The van der Waals surface area contributed by atoms with Crippen LogP contribution in [0.4, 0.5) is 0 Å². The molecule has 0 aromatic heterocycles. The normalized spacial score (nSPS) is 11.9. The van der Waals surface area contributed by atoms with Crippen LogP contribution in [0.3, 0.4) is 0 Å². The van der Waals surface area contributed by atoms with E-state index in [1.807, 2.05) is 0 Å². The van der Waals surface area contributed by atoms with Gasteiger partial charge in [-0.2, -0.15) is 0 Å². The predicted octanol–water partition coefficient (Wildman–Crippen LogP) is 14.7. The molecule has 0 spiro atoms. The summed E-state index contributed by atoms with van der Waals surface area (Å²) >= 11 is 0. The molecule has 0 bridgehead atoms. The molecule has 0 heterocycles. The van der Waals surface area contributed by atoms with Crippen LogP contribution in [-0.2, 0) is 28.6 Å². The summed E-state index contributed by atoms with van der Waals surface area (Å²) in [6.07, 6.45) is 40.9. The average molecular weight is 751 g/mol. The quantitative estimate of drug-likeness (QED) is 0.0351. The Bertz CT molecular complexity index is 796. The highest BCUT2D eigenvalue weighted by Crippen LogP contribution is 2.16. The van der Waals surface area contributed by atoms with Gasteiger partial charge in [0.15, 0.2) is 6.10 Å². The number of rotatable bonds is 42. The molecule has 0 aliphatic carbocycles. The Labute approximate surface area is 329 Å². The minimum atomic E-state index is -0.758. The molecule has 0 fully saturated rings. The summed E-state index contributed by atoms with van der Waals surface area (Å²) in [6, 6.07) is 0. The topological polar surface area (TPSA) is 78.9 Å². The summed E-state index contributed by atoms with van der Waals surface area (Å²) in [5, 5.41) is 0. The minimum absolute atomic E-state index is 0.0637. The maximum Gasteiger partial charge on any atom is 0.306 e. The van der Waals surface area contributed by atoms with Gasteiger partial charge in [-0.3, -0.25) is 14.4 Å². The molecule has 0 N–H and O–H groups in total. The number of hydrogen-bond acceptors (Lipinski definition) is 6. The lowest BCUT2D eigenvalue weighted by Gasteiger charge is -2.18. The Morgan fingerprint density at radius 1 is 0.358 bits per heavy atom. The van der Waals surface area contributed by atoms with Crippen molar-refractivity contribution >= 4 is 17.9 Å². The molecule has 0 aliphatic heterocycles. The van der Waals surface area contributed by atoms with Gasteiger partial charge in [0.25, 0.3) is 0 Å². The smallest absolute Gasteiger partial charge is 0.306 e. The second-order valence-electron chi connectivity index (χ2n) is 16.5. The molecule has 0 aromatic rings. The molecule has 0 saturated heterocycles. The van der Waals surface area contributed by atoms with Crippen molar-refractivity contribution in [2.24, 2.45) is 5.92 Å². The van der Waals surface area contributed by atoms with E-state index in [2.05, 4.69) is 27.7 Å². The second kappa shape index (κ2) is 41.6. The minimum Gasteiger partial charge on any atom is -0.462 e. The zero-order valence-corrected chi connectivity index (χ0v) is 36.0. The van der Waals surface area contributed by atoms with Crippen molar-refractivity contribution in [2.75, 3.05) is 13.2 Å². The van der Waals surface area contributed by atoms with E-state index in [0.717, 1.165) is 63.7 Å². The maximum atomic E-state index is 12.7. The summed E-state index contributed by atoms with van der Waals surface area (Å²) in [5.74, 6) is -0.0160. The van der Waals surface area contributed by atoms with Crippen LogP contribution < -0.4 is 0 Å². The van der Waals surface area contributed by atoms with Gasteiger partial charge in [0.2, 0.25) is 0 Å². The second-order valence-corrected chi connectivity index (χ2v) is 16.5. The van der Waals surface area contributed by atoms with E-state index in [4.69, 9.17) is 14.2 Å². The molecule has 0 saturated carbocycles. The van der Waals surface area contributed by atoms with E-state index >= 15 is 0 Å². The van der Waals surface area contributed by atoms with E-state index in [1.165, 1.54) is 154 Å². The van der Waals surface area contributed by atoms with Crippen molar-refractivity contribution in [3.63, 3.8) is 0 Å². The number of ether oxygens (including phenoxy) is 3. The highest BCUT2D eigenvalue weighted by Gasteiger charge is 2.19. The van der Waals surface area contributed by atoms with Gasteiger partial charge in [-0.05, 0) is 25.2 Å². The zero-order valence-electron chi connectivity index (χ0n) is 36.0. The van der Waals surface area contributed by atoms with E-state index in [9.17, 15) is 14.4 Å². The lowest BCUT2D eigenvalue weighted by atomic mass is 10.0. The maximum absolute atomic E-state index is 12.7. The Morgan fingerprint density at radius 3 is 0.925 bits per heavy atom. The van der Waals surface area contributed by atoms with Crippen molar-refractivity contribution in [3.8, 4) is 0 Å². The van der Waals surface area contributed by atoms with Gasteiger partial charge in [-0.25, -0.2) is 0 Å². The first-order valence-electron chi connectivity index (χ1n) is 23.4. The number of carbonyl (C=O) groups is 3. The third-order valence-corrected chi connectivity index (χ3v) is 10.5. The van der Waals surface area contributed by atoms with Gasteiger partial charge >= 0.3 is 17.9 Å². The summed E-state index contributed by atoms with van der Waals surface area (Å²) in [6.45, 7) is 8.98. The fourth-order valence-electron chi connectivity index (χ4n) is 6.98. The molecule has 314 valence electrons. The van der Waals surface area contributed by atoms with E-state index < -0.39 is 6.10 Å². The van der Waals surface area contributed by atoms with Crippen LogP contribution in [0, 0.1) is 5.92 Å². The summed E-state index contributed by atoms with van der Waals surface area (Å²) in [4.78, 5) is 37.6. The van der Waals surface area contributed by atoms with Gasteiger partial charge in [-0.1, -0.05) is 220 Å². The molecule has 6 nitrogen and oxygen atoms in total. The fraction of sp³-hybridized carbons (Fsp3) is 0.936. The van der Waals surface area contributed by atoms with Crippen LogP contribution in [0.1, 0.15) is 259 Å². The van der Waals surface area contributed by atoms with Crippen LogP contribution in [-0.4, -0.2) is 37.2 Å². The van der Waals surface area contributed by atoms with Crippen LogP contribution in [0.25, 0.3) is 0 Å². The van der Waals surface area contributed by atoms with Crippen molar-refractivity contribution in [3.05, 3.63) is 0 Å². The third-order valence-electron chi connectivity index (χ3n) is 10.5. The predicted molar refractivity (Wildman–Crippen MR) is 224 cm³/mol. The SMILES string of the molecule is CCCCCCCCCCCCC(=O)OC[C@@H](COC(=O)CCCCCCCCCCCCCCCC(C)C)OC(=O)CCCCCCCCCCC. The number of hydrogen-bond donors (Lipinski definition) is 0. The van der Waals surface area contributed by atoms with E-state index in [0.29, 0.717) is 19.3 Å². The molecule has 1 atom stereocenters. The molecule has 0 radical (unpaired) electrons. The van der Waals surface area contributed by atoms with Crippen LogP contribution >= 0.6 is 0 Å². The monoisotopic (exact) mass is 751 g/mol. The van der Waals surface area contributed by atoms with Crippen LogP contribution in [0.2, 0.25) is 0 Å². The molecule has 0 aliphatic rings. The first-order chi connectivity index (χ1) is 25.9. The first-order valence-corrected chi connectivity index (χ1v) is 23.4. The Kier molecular flexibility index (Phi) is 40.3. The van der Waals surface area contributed by atoms with E-state index in [1.54, 1.807) is 0 Å². The highest BCUT2D eigenvalue weighted by atomic mass is 16.6. The van der Waals surface area contributed by atoms with Gasteiger partial charge in [0.05, 0.1) is 0 Å². The Morgan fingerprint density at radius 2 is 0.623 bits per heavy atom. The van der Waals surface area contributed by atoms with Crippen molar-refractivity contribution < 1.29 is 28.6 Å². The Balaban J connectivity index is 4.25. The standard InChI is InChI=1S/C47H90O6/c1-5-7-9-11-13-15-23-26-30-34-38-45(48)51-41-44(53-47(50)40-36-32-28-21-14-12-10-8-6-2)42-52-46(49)39-35-31-27-24-20-18-16-17-19-22-25-29-33-37-43(3)4/h43-44H,5-42H2,1-4H3/t44-/m0/s1. The van der Waals surface area contributed by atoms with Crippen molar-refractivity contribution in [2.45, 2.75) is 265 Å². The largest absolute Gasteiger partial charge is 0.462 e.